The van der Waals surface area contributed by atoms with E-state index in [1.165, 1.54) is 5.57 Å². The first-order valence-corrected chi connectivity index (χ1v) is 6.95. The minimum Gasteiger partial charge on any atom is -0.362 e. The monoisotopic (exact) mass is 267 g/mol. The van der Waals surface area contributed by atoms with Crippen LogP contribution in [-0.2, 0) is 0 Å². The Balaban J connectivity index is 2.68. The minimum absolute atomic E-state index is 0.0641. The van der Waals surface area contributed by atoms with Gasteiger partial charge in [0.15, 0.2) is 0 Å². The molecule has 0 amide bonds. The van der Waals surface area contributed by atoms with Crippen molar-refractivity contribution in [2.45, 2.75) is 27.7 Å². The summed E-state index contributed by atoms with van der Waals surface area (Å²) in [6.07, 6.45) is 20.7. The second-order valence-corrected chi connectivity index (χ2v) is 5.29. The standard InChI is InChI=1S/C19H25N/c1-6-7-9-17(4)12-15-20-18-10-8-13-19(5,14-11-18)16(2)3/h6-15,20H,2H2,1,3-5H3/b7-6-,15-12-,17-9-. The average molecular weight is 267 g/mol. The number of nitrogens with one attached hydrogen (secondary N) is 1. The molecule has 1 nitrogen and oxygen atoms in total. The Morgan fingerprint density at radius 1 is 1.30 bits per heavy atom. The largest absolute Gasteiger partial charge is 0.362 e. The van der Waals surface area contributed by atoms with E-state index in [0.29, 0.717) is 0 Å². The van der Waals surface area contributed by atoms with E-state index in [-0.39, 0.29) is 5.41 Å². The van der Waals surface area contributed by atoms with E-state index in [9.17, 15) is 0 Å². The summed E-state index contributed by atoms with van der Waals surface area (Å²) < 4.78 is 0. The van der Waals surface area contributed by atoms with Gasteiger partial charge in [-0.15, -0.1) is 0 Å². The van der Waals surface area contributed by atoms with Crippen molar-refractivity contribution in [3.8, 4) is 0 Å². The van der Waals surface area contributed by atoms with Gasteiger partial charge in [-0.1, -0.05) is 48.6 Å². The molecular formula is C19H25N. The molecule has 1 N–H and O–H groups in total. The van der Waals surface area contributed by atoms with Crippen molar-refractivity contribution < 1.29 is 0 Å². The van der Waals surface area contributed by atoms with Crippen LogP contribution in [0.4, 0.5) is 0 Å². The van der Waals surface area contributed by atoms with Crippen LogP contribution in [0.25, 0.3) is 0 Å². The van der Waals surface area contributed by atoms with E-state index >= 15 is 0 Å². The SMILES string of the molecule is C=C(C)C1(C)C=CC=C(N\C=C/C(C)=C\C=C/C)C=C1. The Morgan fingerprint density at radius 2 is 2.05 bits per heavy atom. The fourth-order valence-corrected chi connectivity index (χ4v) is 1.68. The van der Waals surface area contributed by atoms with Crippen LogP contribution in [-0.4, -0.2) is 0 Å². The van der Waals surface area contributed by atoms with Crippen molar-refractivity contribution in [1.82, 2.24) is 5.32 Å². The quantitative estimate of drug-likeness (QED) is 0.533. The summed E-state index contributed by atoms with van der Waals surface area (Å²) in [7, 11) is 0. The van der Waals surface area contributed by atoms with Gasteiger partial charge in [-0.05, 0) is 51.5 Å². The van der Waals surface area contributed by atoms with E-state index < -0.39 is 0 Å². The summed E-state index contributed by atoms with van der Waals surface area (Å²) >= 11 is 0. The minimum atomic E-state index is -0.0641. The van der Waals surface area contributed by atoms with Crippen LogP contribution in [0.3, 0.4) is 0 Å². The molecular weight excluding hydrogens is 242 g/mol. The Kier molecular flexibility index (Phi) is 6.05. The molecule has 0 aromatic rings. The highest BCUT2D eigenvalue weighted by Gasteiger charge is 2.18. The Hall–Kier alpha value is -2.02. The third-order valence-corrected chi connectivity index (χ3v) is 3.39. The zero-order chi connectivity index (χ0) is 15.0. The first-order valence-electron chi connectivity index (χ1n) is 6.95. The highest BCUT2D eigenvalue weighted by atomic mass is 14.8. The zero-order valence-electron chi connectivity index (χ0n) is 13.0. The molecule has 0 spiro atoms. The van der Waals surface area contributed by atoms with Crippen LogP contribution in [0, 0.1) is 5.41 Å². The highest BCUT2D eigenvalue weighted by molar-refractivity contribution is 5.36. The lowest BCUT2D eigenvalue weighted by Crippen LogP contribution is -2.10. The van der Waals surface area contributed by atoms with Crippen LogP contribution < -0.4 is 5.32 Å². The van der Waals surface area contributed by atoms with E-state index in [2.05, 4.69) is 75.2 Å². The molecule has 0 aromatic heterocycles. The van der Waals surface area contributed by atoms with Crippen molar-refractivity contribution >= 4 is 0 Å². The summed E-state index contributed by atoms with van der Waals surface area (Å²) in [6, 6.07) is 0. The lowest BCUT2D eigenvalue weighted by molar-refractivity contribution is 0.666. The van der Waals surface area contributed by atoms with Gasteiger partial charge < -0.3 is 5.32 Å². The number of allylic oxidation sites excluding steroid dienone is 11. The van der Waals surface area contributed by atoms with Crippen molar-refractivity contribution in [3.05, 3.63) is 84.3 Å². The van der Waals surface area contributed by atoms with Crippen LogP contribution >= 0.6 is 0 Å². The molecule has 20 heavy (non-hydrogen) atoms. The van der Waals surface area contributed by atoms with Gasteiger partial charge in [-0.2, -0.15) is 0 Å². The molecule has 0 fully saturated rings. The first-order chi connectivity index (χ1) is 9.48. The normalized spacial score (nSPS) is 23.2. The zero-order valence-corrected chi connectivity index (χ0v) is 13.0. The van der Waals surface area contributed by atoms with Gasteiger partial charge >= 0.3 is 0 Å². The van der Waals surface area contributed by atoms with Crippen LogP contribution in [0.1, 0.15) is 27.7 Å². The molecule has 1 unspecified atom stereocenters. The number of rotatable bonds is 5. The van der Waals surface area contributed by atoms with Crippen molar-refractivity contribution in [2.75, 3.05) is 0 Å². The molecule has 0 bridgehead atoms. The van der Waals surface area contributed by atoms with Crippen LogP contribution in [0.2, 0.25) is 0 Å². The summed E-state index contributed by atoms with van der Waals surface area (Å²) in [4.78, 5) is 0. The lowest BCUT2D eigenvalue weighted by atomic mass is 9.83. The molecule has 1 heteroatoms. The van der Waals surface area contributed by atoms with Gasteiger partial charge in [0.25, 0.3) is 0 Å². The van der Waals surface area contributed by atoms with Gasteiger partial charge in [0.2, 0.25) is 0 Å². The molecule has 0 saturated carbocycles. The molecule has 0 saturated heterocycles. The van der Waals surface area contributed by atoms with Gasteiger partial charge in [-0.3, -0.25) is 0 Å². The van der Waals surface area contributed by atoms with Crippen LogP contribution in [0.15, 0.2) is 84.3 Å². The third-order valence-electron chi connectivity index (χ3n) is 3.39. The number of hydrogen-bond acceptors (Lipinski definition) is 1. The molecule has 1 aliphatic rings. The maximum atomic E-state index is 4.06. The molecule has 0 aromatic carbocycles. The fraction of sp³-hybridized carbons (Fsp3) is 0.263. The Labute approximate surface area is 123 Å². The molecule has 1 rings (SSSR count). The summed E-state index contributed by atoms with van der Waals surface area (Å²) in [5, 5.41) is 3.29. The second kappa shape index (κ2) is 7.54. The molecule has 0 radical (unpaired) electrons. The summed E-state index contributed by atoms with van der Waals surface area (Å²) in [5.74, 6) is 0. The van der Waals surface area contributed by atoms with E-state index in [1.807, 2.05) is 25.3 Å². The fourth-order valence-electron chi connectivity index (χ4n) is 1.68. The number of hydrogen-bond donors (Lipinski definition) is 1. The highest BCUT2D eigenvalue weighted by Crippen LogP contribution is 2.30. The van der Waals surface area contributed by atoms with Gasteiger partial charge in [-0.25, -0.2) is 0 Å². The molecule has 1 atom stereocenters. The van der Waals surface area contributed by atoms with Gasteiger partial charge in [0.05, 0.1) is 0 Å². The second-order valence-electron chi connectivity index (χ2n) is 5.29. The smallest absolute Gasteiger partial charge is 0.0376 e. The average Bonchev–Trinajstić information content (AvgIpc) is 2.60. The summed E-state index contributed by atoms with van der Waals surface area (Å²) in [6.45, 7) is 12.4. The molecule has 106 valence electrons. The van der Waals surface area contributed by atoms with Gasteiger partial charge in [0, 0.05) is 17.3 Å². The predicted octanol–water partition coefficient (Wildman–Crippen LogP) is 5.20. The molecule has 0 heterocycles. The van der Waals surface area contributed by atoms with Crippen molar-refractivity contribution in [1.29, 1.82) is 0 Å². The molecule has 1 aliphatic carbocycles. The van der Waals surface area contributed by atoms with E-state index in [4.69, 9.17) is 0 Å². The van der Waals surface area contributed by atoms with E-state index in [0.717, 1.165) is 11.3 Å². The predicted molar refractivity (Wildman–Crippen MR) is 90.1 cm³/mol. The summed E-state index contributed by atoms with van der Waals surface area (Å²) in [5.41, 5.74) is 3.35. The Morgan fingerprint density at radius 3 is 2.70 bits per heavy atom. The Bertz CT molecular complexity index is 524. The van der Waals surface area contributed by atoms with E-state index in [1.54, 1.807) is 0 Å². The van der Waals surface area contributed by atoms with Crippen molar-refractivity contribution in [3.63, 3.8) is 0 Å². The maximum absolute atomic E-state index is 4.06. The lowest BCUT2D eigenvalue weighted by Gasteiger charge is -2.21. The van der Waals surface area contributed by atoms with Crippen molar-refractivity contribution in [2.24, 2.45) is 5.41 Å². The van der Waals surface area contributed by atoms with Gasteiger partial charge in [0.1, 0.15) is 0 Å². The topological polar surface area (TPSA) is 12.0 Å². The maximum Gasteiger partial charge on any atom is 0.0376 e. The molecule has 0 aliphatic heterocycles. The van der Waals surface area contributed by atoms with Crippen LogP contribution in [0.5, 0.6) is 0 Å². The first kappa shape index (κ1) is 16.0. The third kappa shape index (κ3) is 4.93.